The molecule has 0 heterocycles. The third-order valence-electron chi connectivity index (χ3n) is 1.40. The number of carbonyl (C=O) groups is 1. The lowest BCUT2D eigenvalue weighted by molar-refractivity contribution is -0.130. The van der Waals surface area contributed by atoms with Crippen LogP contribution in [0.25, 0.3) is 0 Å². The fourth-order valence-corrected chi connectivity index (χ4v) is 0.567. The number of hydrogen-bond donors (Lipinski definition) is 1. The molecular weight excluding hydrogens is 156 g/mol. The lowest BCUT2D eigenvalue weighted by atomic mass is 10.3. The highest BCUT2D eigenvalue weighted by atomic mass is 16.5. The van der Waals surface area contributed by atoms with Crippen molar-refractivity contribution in [3.05, 3.63) is 0 Å². The molecule has 3 nitrogen and oxygen atoms in total. The summed E-state index contributed by atoms with van der Waals surface area (Å²) in [4.78, 5) is 9.94. The van der Waals surface area contributed by atoms with E-state index in [1.54, 1.807) is 0 Å². The summed E-state index contributed by atoms with van der Waals surface area (Å²) in [6.07, 6.45) is 1.68. The average molecular weight is 170 g/mol. The van der Waals surface area contributed by atoms with Crippen molar-refractivity contribution in [2.75, 3.05) is 6.61 Å². The van der Waals surface area contributed by atoms with Crippen LogP contribution < -0.4 is 0 Å². The Morgan fingerprint density at radius 1 is 1.67 bits per heavy atom. The summed E-state index contributed by atoms with van der Waals surface area (Å²) in [5.41, 5.74) is 0. The van der Waals surface area contributed by atoms with Crippen molar-refractivity contribution in [1.82, 2.24) is 0 Å². The first-order chi connectivity index (χ1) is 5.66. The monoisotopic (exact) mass is 170 g/mol. The smallest absolute Gasteiger partial charge is 0.381 e. The molecule has 0 rings (SSSR count). The highest BCUT2D eigenvalue weighted by Gasteiger charge is 1.95. The average Bonchev–Trinajstić information content (AvgIpc) is 2.03. The largest absolute Gasteiger partial charge is 0.472 e. The Bertz CT molecular complexity index is 188. The number of ether oxygens (including phenoxy) is 1. The summed E-state index contributed by atoms with van der Waals surface area (Å²) < 4.78 is 5.28. The minimum absolute atomic E-state index is 0.233. The second kappa shape index (κ2) is 6.68. The van der Waals surface area contributed by atoms with Crippen molar-refractivity contribution >= 4 is 5.97 Å². The Kier molecular flexibility index (Phi) is 6.12. The van der Waals surface area contributed by atoms with Crippen LogP contribution >= 0.6 is 0 Å². The maximum Gasteiger partial charge on any atom is 0.381 e. The quantitative estimate of drug-likeness (QED) is 0.510. The highest BCUT2D eigenvalue weighted by molar-refractivity contribution is 5.86. The van der Waals surface area contributed by atoms with Crippen LogP contribution in [0.15, 0.2) is 0 Å². The van der Waals surface area contributed by atoms with Crippen LogP contribution in [-0.2, 0) is 9.53 Å². The third-order valence-corrected chi connectivity index (χ3v) is 1.40. The molecular formula is C9H14O3. The molecule has 0 radical (unpaired) electrons. The van der Waals surface area contributed by atoms with Crippen LogP contribution in [0, 0.1) is 11.8 Å². The minimum Gasteiger partial charge on any atom is -0.472 e. The van der Waals surface area contributed by atoms with E-state index in [9.17, 15) is 4.79 Å². The Labute approximate surface area is 72.7 Å². The van der Waals surface area contributed by atoms with E-state index in [-0.39, 0.29) is 6.10 Å². The topological polar surface area (TPSA) is 46.5 Å². The summed E-state index contributed by atoms with van der Waals surface area (Å²) in [5, 5.41) is 8.15. The van der Waals surface area contributed by atoms with E-state index in [1.807, 2.05) is 19.8 Å². The number of rotatable bonds is 4. The summed E-state index contributed by atoms with van der Waals surface area (Å²) >= 11 is 0. The van der Waals surface area contributed by atoms with Gasteiger partial charge in [0.1, 0.15) is 0 Å². The van der Waals surface area contributed by atoms with E-state index in [0.29, 0.717) is 13.0 Å². The predicted octanol–water partition coefficient (Wildman–Crippen LogP) is 1.28. The zero-order valence-corrected chi connectivity index (χ0v) is 7.46. The van der Waals surface area contributed by atoms with Crippen LogP contribution in [0.5, 0.6) is 0 Å². The molecule has 1 atom stereocenters. The van der Waals surface area contributed by atoms with Gasteiger partial charge in [0.05, 0.1) is 12.7 Å². The second-order valence-corrected chi connectivity index (χ2v) is 2.45. The molecule has 12 heavy (non-hydrogen) atoms. The molecule has 0 saturated heterocycles. The van der Waals surface area contributed by atoms with Gasteiger partial charge >= 0.3 is 5.97 Å². The highest BCUT2D eigenvalue weighted by Crippen LogP contribution is 1.95. The van der Waals surface area contributed by atoms with E-state index in [1.165, 1.54) is 0 Å². The van der Waals surface area contributed by atoms with Gasteiger partial charge < -0.3 is 9.84 Å². The number of hydrogen-bond acceptors (Lipinski definition) is 2. The molecule has 0 aliphatic heterocycles. The summed E-state index contributed by atoms with van der Waals surface area (Å²) in [6, 6.07) is 0. The first-order valence-corrected chi connectivity index (χ1v) is 4.00. The van der Waals surface area contributed by atoms with Crippen LogP contribution in [0.3, 0.4) is 0 Å². The van der Waals surface area contributed by atoms with Gasteiger partial charge in [0.15, 0.2) is 0 Å². The van der Waals surface area contributed by atoms with Crippen molar-refractivity contribution in [3.8, 4) is 11.8 Å². The number of aliphatic carboxylic acids is 1. The number of carboxylic acid groups (broad SMARTS) is 1. The summed E-state index contributed by atoms with van der Waals surface area (Å²) in [6.45, 7) is 4.52. The van der Waals surface area contributed by atoms with Crippen molar-refractivity contribution < 1.29 is 14.6 Å². The standard InChI is InChI=1S/C9H14O3/c1-3-8(2)12-7-5-4-6-9(10)11/h8H,3,5,7H2,1-2H3,(H,10,11). The van der Waals surface area contributed by atoms with Crippen molar-refractivity contribution in [2.24, 2.45) is 0 Å². The fraction of sp³-hybridized carbons (Fsp3) is 0.667. The molecule has 0 amide bonds. The maximum absolute atomic E-state index is 9.94. The first-order valence-electron chi connectivity index (χ1n) is 4.00. The molecule has 0 aromatic rings. The van der Waals surface area contributed by atoms with Crippen molar-refractivity contribution in [2.45, 2.75) is 32.8 Å². The van der Waals surface area contributed by atoms with Gasteiger partial charge in [0.2, 0.25) is 0 Å². The lowest BCUT2D eigenvalue weighted by Gasteiger charge is -2.07. The Hall–Kier alpha value is -1.01. The summed E-state index contributed by atoms with van der Waals surface area (Å²) in [7, 11) is 0. The Morgan fingerprint density at radius 3 is 2.83 bits per heavy atom. The lowest BCUT2D eigenvalue weighted by Crippen LogP contribution is -2.06. The maximum atomic E-state index is 9.94. The predicted molar refractivity (Wildman–Crippen MR) is 45.7 cm³/mol. The van der Waals surface area contributed by atoms with Crippen LogP contribution in [0.4, 0.5) is 0 Å². The molecule has 1 unspecified atom stereocenters. The molecule has 3 heteroatoms. The van der Waals surface area contributed by atoms with Gasteiger partial charge in [-0.15, -0.1) is 0 Å². The van der Waals surface area contributed by atoms with E-state index in [4.69, 9.17) is 9.84 Å². The number of carboxylic acids is 1. The van der Waals surface area contributed by atoms with Gasteiger partial charge in [0.25, 0.3) is 0 Å². The third kappa shape index (κ3) is 7.10. The van der Waals surface area contributed by atoms with Gasteiger partial charge in [-0.25, -0.2) is 4.79 Å². The first kappa shape index (κ1) is 11.0. The van der Waals surface area contributed by atoms with Gasteiger partial charge in [-0.1, -0.05) is 12.8 Å². The zero-order chi connectivity index (χ0) is 9.40. The molecule has 0 aliphatic carbocycles. The van der Waals surface area contributed by atoms with Gasteiger partial charge in [-0.3, -0.25) is 0 Å². The van der Waals surface area contributed by atoms with Crippen LogP contribution in [-0.4, -0.2) is 23.8 Å². The van der Waals surface area contributed by atoms with E-state index < -0.39 is 5.97 Å². The molecule has 0 fully saturated rings. The van der Waals surface area contributed by atoms with E-state index in [0.717, 1.165) is 6.42 Å². The SMILES string of the molecule is CCC(C)OCCC#CC(=O)O. The zero-order valence-electron chi connectivity index (χ0n) is 7.46. The minimum atomic E-state index is -1.08. The van der Waals surface area contributed by atoms with Gasteiger partial charge in [0, 0.05) is 12.3 Å². The van der Waals surface area contributed by atoms with Gasteiger partial charge in [-0.2, -0.15) is 0 Å². The van der Waals surface area contributed by atoms with Crippen molar-refractivity contribution in [3.63, 3.8) is 0 Å². The van der Waals surface area contributed by atoms with Crippen molar-refractivity contribution in [1.29, 1.82) is 0 Å². The second-order valence-electron chi connectivity index (χ2n) is 2.45. The molecule has 0 spiro atoms. The van der Waals surface area contributed by atoms with Crippen LogP contribution in [0.1, 0.15) is 26.7 Å². The molecule has 0 aliphatic rings. The molecule has 68 valence electrons. The molecule has 0 saturated carbocycles. The molecule has 1 N–H and O–H groups in total. The summed E-state index contributed by atoms with van der Waals surface area (Å²) in [5.74, 6) is 3.43. The Balaban J connectivity index is 3.34. The molecule has 0 aromatic heterocycles. The van der Waals surface area contributed by atoms with Gasteiger partial charge in [-0.05, 0) is 13.3 Å². The van der Waals surface area contributed by atoms with E-state index in [2.05, 4.69) is 5.92 Å². The van der Waals surface area contributed by atoms with Crippen LogP contribution in [0.2, 0.25) is 0 Å². The Morgan fingerprint density at radius 2 is 2.33 bits per heavy atom. The normalized spacial score (nSPS) is 11.5. The van der Waals surface area contributed by atoms with E-state index >= 15 is 0 Å². The fourth-order valence-electron chi connectivity index (χ4n) is 0.567. The molecule has 0 bridgehead atoms. The molecule has 0 aromatic carbocycles.